The molecule has 1 aliphatic carbocycles. The van der Waals surface area contributed by atoms with Gasteiger partial charge in [-0.25, -0.2) is 22.4 Å². The van der Waals surface area contributed by atoms with Crippen LogP contribution in [0.5, 0.6) is 0 Å². The molecule has 0 radical (unpaired) electrons. The maximum absolute atomic E-state index is 13.9. The highest BCUT2D eigenvalue weighted by Gasteiger charge is 2.46. The third-order valence-corrected chi connectivity index (χ3v) is 6.01. The molecule has 2 aliphatic heterocycles. The van der Waals surface area contributed by atoms with Crippen LogP contribution in [0.15, 0.2) is 18.2 Å². The van der Waals surface area contributed by atoms with Gasteiger partial charge in [0.15, 0.2) is 5.79 Å². The predicted octanol–water partition coefficient (Wildman–Crippen LogP) is 3.44. The summed E-state index contributed by atoms with van der Waals surface area (Å²) in [6.07, 6.45) is 0.579. The zero-order valence-corrected chi connectivity index (χ0v) is 16.5. The van der Waals surface area contributed by atoms with Gasteiger partial charge < -0.3 is 19.7 Å². The Morgan fingerprint density at radius 2 is 1.77 bits per heavy atom. The third kappa shape index (κ3) is 4.70. The van der Waals surface area contributed by atoms with Crippen molar-refractivity contribution in [3.05, 3.63) is 29.8 Å². The molecule has 4 rings (SSSR count). The van der Waals surface area contributed by atoms with E-state index in [1.54, 1.807) is 0 Å². The van der Waals surface area contributed by atoms with Crippen molar-refractivity contribution in [1.29, 1.82) is 0 Å². The monoisotopic (exact) mass is 431 g/mol. The summed E-state index contributed by atoms with van der Waals surface area (Å²) in [6.45, 7) is 2.01. The standard InChI is InChI=1S/C20H25F4N3O3/c21-14-1-2-17(16(22)11-14)25-18(28)27-8-10-30-20(13-27)12-26(7-9-29-20)15-3-5-19(23,24)6-4-15/h1-2,11,15H,3-10,12-13H2,(H,25,28). The number of urea groups is 1. The first-order valence-corrected chi connectivity index (χ1v) is 10.2. The summed E-state index contributed by atoms with van der Waals surface area (Å²) < 4.78 is 65.7. The van der Waals surface area contributed by atoms with Crippen LogP contribution in [0.25, 0.3) is 0 Å². The molecule has 2 saturated heterocycles. The number of carbonyl (C=O) groups excluding carboxylic acids is 1. The van der Waals surface area contributed by atoms with Gasteiger partial charge in [-0.15, -0.1) is 0 Å². The van der Waals surface area contributed by atoms with Gasteiger partial charge in [0.05, 0.1) is 32.0 Å². The minimum atomic E-state index is -2.59. The molecule has 1 aromatic carbocycles. The molecule has 10 heteroatoms. The fourth-order valence-electron chi connectivity index (χ4n) is 4.38. The van der Waals surface area contributed by atoms with Crippen molar-refractivity contribution >= 4 is 11.7 Å². The van der Waals surface area contributed by atoms with Crippen molar-refractivity contribution < 1.29 is 31.8 Å². The van der Waals surface area contributed by atoms with Crippen LogP contribution >= 0.6 is 0 Å². The molecule has 1 saturated carbocycles. The number of hydrogen-bond acceptors (Lipinski definition) is 4. The van der Waals surface area contributed by atoms with Gasteiger partial charge in [-0.3, -0.25) is 4.90 Å². The summed E-state index contributed by atoms with van der Waals surface area (Å²) in [5.41, 5.74) is -0.115. The van der Waals surface area contributed by atoms with E-state index in [4.69, 9.17) is 9.47 Å². The van der Waals surface area contributed by atoms with Crippen molar-refractivity contribution in [2.45, 2.75) is 43.4 Å². The van der Waals surface area contributed by atoms with Crippen LogP contribution in [0.3, 0.4) is 0 Å². The normalized spacial score (nSPS) is 27.9. The Bertz CT molecular complexity index is 783. The Labute approximate surface area is 172 Å². The van der Waals surface area contributed by atoms with E-state index in [1.807, 2.05) is 0 Å². The fraction of sp³-hybridized carbons (Fsp3) is 0.650. The van der Waals surface area contributed by atoms with E-state index >= 15 is 0 Å². The van der Waals surface area contributed by atoms with E-state index in [0.717, 1.165) is 12.1 Å². The Hall–Kier alpha value is -1.91. The van der Waals surface area contributed by atoms with E-state index in [2.05, 4.69) is 10.2 Å². The number of carbonyl (C=O) groups is 1. The van der Waals surface area contributed by atoms with Gasteiger partial charge in [-0.2, -0.15) is 0 Å². The van der Waals surface area contributed by atoms with Crippen LogP contribution in [0.2, 0.25) is 0 Å². The van der Waals surface area contributed by atoms with Crippen molar-refractivity contribution in [1.82, 2.24) is 9.80 Å². The average Bonchev–Trinajstić information content (AvgIpc) is 2.70. The summed E-state index contributed by atoms with van der Waals surface area (Å²) in [6, 6.07) is 2.42. The number of rotatable bonds is 2. The van der Waals surface area contributed by atoms with Crippen molar-refractivity contribution in [2.75, 3.05) is 44.7 Å². The van der Waals surface area contributed by atoms with Gasteiger partial charge in [0.1, 0.15) is 11.6 Å². The molecule has 1 N–H and O–H groups in total. The topological polar surface area (TPSA) is 54.0 Å². The van der Waals surface area contributed by atoms with Crippen LogP contribution in [0, 0.1) is 11.6 Å². The van der Waals surface area contributed by atoms with Gasteiger partial charge in [-0.05, 0) is 25.0 Å². The molecule has 1 unspecified atom stereocenters. The molecule has 2 heterocycles. The van der Waals surface area contributed by atoms with Crippen LogP contribution in [-0.4, -0.2) is 73.0 Å². The highest BCUT2D eigenvalue weighted by Crippen LogP contribution is 2.37. The number of ether oxygens (including phenoxy) is 2. The number of hydrogen-bond donors (Lipinski definition) is 1. The molecule has 1 atom stereocenters. The summed E-state index contributed by atoms with van der Waals surface area (Å²) in [5.74, 6) is -5.23. The van der Waals surface area contributed by atoms with Gasteiger partial charge in [0, 0.05) is 38.0 Å². The van der Waals surface area contributed by atoms with Crippen molar-refractivity contribution in [3.63, 3.8) is 0 Å². The zero-order valence-electron chi connectivity index (χ0n) is 16.5. The SMILES string of the molecule is O=C(Nc1ccc(F)cc1F)N1CCOC2(C1)CN(C1CCC(F)(F)CC1)CCO2. The number of halogens is 4. The van der Waals surface area contributed by atoms with Gasteiger partial charge in [0.25, 0.3) is 0 Å². The number of benzene rings is 1. The number of anilines is 1. The summed E-state index contributed by atoms with van der Waals surface area (Å²) in [7, 11) is 0. The molecule has 0 aromatic heterocycles. The minimum absolute atomic E-state index is 0.0338. The first-order valence-electron chi connectivity index (χ1n) is 10.2. The Morgan fingerprint density at radius 3 is 2.47 bits per heavy atom. The largest absolute Gasteiger partial charge is 0.346 e. The fourth-order valence-corrected chi connectivity index (χ4v) is 4.38. The van der Waals surface area contributed by atoms with E-state index in [1.165, 1.54) is 4.90 Å². The number of amides is 2. The minimum Gasteiger partial charge on any atom is -0.346 e. The van der Waals surface area contributed by atoms with Gasteiger partial charge in [0.2, 0.25) is 5.92 Å². The second kappa shape index (κ2) is 8.32. The van der Waals surface area contributed by atoms with Crippen molar-refractivity contribution in [2.24, 2.45) is 0 Å². The smallest absolute Gasteiger partial charge is 0.322 e. The Balaban J connectivity index is 1.39. The van der Waals surface area contributed by atoms with E-state index in [-0.39, 0.29) is 44.3 Å². The predicted molar refractivity (Wildman–Crippen MR) is 100 cm³/mol. The lowest BCUT2D eigenvalue weighted by Crippen LogP contribution is -2.64. The molecular formula is C20H25F4N3O3. The molecular weight excluding hydrogens is 406 g/mol. The van der Waals surface area contributed by atoms with Crippen molar-refractivity contribution in [3.8, 4) is 0 Å². The Kier molecular flexibility index (Phi) is 5.91. The van der Waals surface area contributed by atoms with Crippen LogP contribution < -0.4 is 5.32 Å². The molecule has 166 valence electrons. The van der Waals surface area contributed by atoms with Crippen LogP contribution in [-0.2, 0) is 9.47 Å². The molecule has 6 nitrogen and oxygen atoms in total. The lowest BCUT2D eigenvalue weighted by Gasteiger charge is -2.49. The molecule has 30 heavy (non-hydrogen) atoms. The summed E-state index contributed by atoms with van der Waals surface area (Å²) in [4.78, 5) is 16.2. The van der Waals surface area contributed by atoms with E-state index < -0.39 is 29.4 Å². The first-order chi connectivity index (χ1) is 14.3. The average molecular weight is 431 g/mol. The molecule has 1 aromatic rings. The number of morpholine rings is 2. The second-order valence-corrected chi connectivity index (χ2v) is 8.14. The highest BCUT2D eigenvalue weighted by atomic mass is 19.3. The summed E-state index contributed by atoms with van der Waals surface area (Å²) >= 11 is 0. The lowest BCUT2D eigenvalue weighted by atomic mass is 9.90. The number of nitrogens with one attached hydrogen (secondary N) is 1. The van der Waals surface area contributed by atoms with E-state index in [9.17, 15) is 22.4 Å². The molecule has 3 aliphatic rings. The van der Waals surface area contributed by atoms with E-state index in [0.29, 0.717) is 38.6 Å². The van der Waals surface area contributed by atoms with Crippen LogP contribution in [0.4, 0.5) is 28.0 Å². The quantitative estimate of drug-likeness (QED) is 0.729. The lowest BCUT2D eigenvalue weighted by molar-refractivity contribution is -0.290. The van der Waals surface area contributed by atoms with Crippen LogP contribution in [0.1, 0.15) is 25.7 Å². The zero-order chi connectivity index (χ0) is 21.4. The maximum Gasteiger partial charge on any atom is 0.322 e. The van der Waals surface area contributed by atoms with Gasteiger partial charge >= 0.3 is 6.03 Å². The highest BCUT2D eigenvalue weighted by molar-refractivity contribution is 5.89. The maximum atomic E-state index is 13.9. The molecule has 2 amide bonds. The number of nitrogens with zero attached hydrogens (tertiary/aromatic N) is 2. The second-order valence-electron chi connectivity index (χ2n) is 8.14. The number of alkyl halides is 2. The molecule has 1 spiro atoms. The van der Waals surface area contributed by atoms with Gasteiger partial charge in [-0.1, -0.05) is 0 Å². The summed E-state index contributed by atoms with van der Waals surface area (Å²) in [5, 5.41) is 2.45. The molecule has 0 bridgehead atoms. The molecule has 3 fully saturated rings. The third-order valence-electron chi connectivity index (χ3n) is 6.01. The Morgan fingerprint density at radius 1 is 1.07 bits per heavy atom. The first kappa shape index (κ1) is 21.3.